The van der Waals surface area contributed by atoms with Crippen LogP contribution < -0.4 is 5.32 Å². The van der Waals surface area contributed by atoms with Crippen LogP contribution in [0.4, 0.5) is 5.82 Å². The first-order valence-electron chi connectivity index (χ1n) is 5.89. The minimum Gasteiger partial charge on any atom is -0.379 e. The standard InChI is InChI=1S/C12H16ClN3O2/c1-8-14-10(13)9(6-17)11(15-8)16-12(2)4-3-5-18-7-12/h6H,3-5,7H2,1-2H3,(H,14,15,16). The van der Waals surface area contributed by atoms with Gasteiger partial charge in [0.05, 0.1) is 17.7 Å². The van der Waals surface area contributed by atoms with Crippen LogP contribution in [0.5, 0.6) is 0 Å². The molecule has 98 valence electrons. The van der Waals surface area contributed by atoms with Gasteiger partial charge in [0.15, 0.2) is 6.29 Å². The van der Waals surface area contributed by atoms with Crippen LogP contribution in [-0.4, -0.2) is 35.0 Å². The van der Waals surface area contributed by atoms with Gasteiger partial charge in [-0.25, -0.2) is 9.97 Å². The fourth-order valence-electron chi connectivity index (χ4n) is 2.07. The summed E-state index contributed by atoms with van der Waals surface area (Å²) in [5.41, 5.74) is 0.0780. The molecular formula is C12H16ClN3O2. The van der Waals surface area contributed by atoms with E-state index in [1.54, 1.807) is 6.92 Å². The number of nitrogens with one attached hydrogen (secondary N) is 1. The maximum atomic E-state index is 11.1. The number of aldehydes is 1. The molecule has 0 spiro atoms. The Morgan fingerprint density at radius 3 is 2.89 bits per heavy atom. The zero-order chi connectivity index (χ0) is 13.2. The zero-order valence-corrected chi connectivity index (χ0v) is 11.3. The van der Waals surface area contributed by atoms with Gasteiger partial charge in [-0.15, -0.1) is 0 Å². The van der Waals surface area contributed by atoms with Gasteiger partial charge in [-0.2, -0.15) is 0 Å². The first kappa shape index (κ1) is 13.2. The molecule has 1 aromatic rings. The summed E-state index contributed by atoms with van der Waals surface area (Å²) >= 11 is 5.94. The molecule has 0 amide bonds. The number of nitrogens with zero attached hydrogens (tertiary/aromatic N) is 2. The smallest absolute Gasteiger partial charge is 0.156 e. The van der Waals surface area contributed by atoms with Crippen LogP contribution in [-0.2, 0) is 4.74 Å². The summed E-state index contributed by atoms with van der Waals surface area (Å²) < 4.78 is 5.46. The first-order chi connectivity index (χ1) is 8.54. The van der Waals surface area contributed by atoms with E-state index in [9.17, 15) is 4.79 Å². The number of rotatable bonds is 3. The lowest BCUT2D eigenvalue weighted by Gasteiger charge is -2.35. The van der Waals surface area contributed by atoms with Crippen LogP contribution in [0.25, 0.3) is 0 Å². The summed E-state index contributed by atoms with van der Waals surface area (Å²) in [6, 6.07) is 0. The topological polar surface area (TPSA) is 64.1 Å². The number of anilines is 1. The summed E-state index contributed by atoms with van der Waals surface area (Å²) in [5, 5.41) is 3.45. The molecule has 2 rings (SSSR count). The van der Waals surface area contributed by atoms with Crippen molar-refractivity contribution in [1.29, 1.82) is 0 Å². The van der Waals surface area contributed by atoms with E-state index in [-0.39, 0.29) is 10.7 Å². The van der Waals surface area contributed by atoms with E-state index >= 15 is 0 Å². The van der Waals surface area contributed by atoms with Crippen LogP contribution in [0, 0.1) is 6.92 Å². The van der Waals surface area contributed by atoms with E-state index in [1.807, 2.05) is 6.92 Å². The highest BCUT2D eigenvalue weighted by Crippen LogP contribution is 2.26. The van der Waals surface area contributed by atoms with E-state index in [0.29, 0.717) is 30.1 Å². The summed E-state index contributed by atoms with van der Waals surface area (Å²) in [6.45, 7) is 5.16. The Labute approximate surface area is 111 Å². The molecule has 1 fully saturated rings. The second-order valence-electron chi connectivity index (χ2n) is 4.78. The third-order valence-electron chi connectivity index (χ3n) is 2.99. The van der Waals surface area contributed by atoms with Crippen molar-refractivity contribution in [1.82, 2.24) is 9.97 Å². The molecule has 0 radical (unpaired) electrons. The summed E-state index contributed by atoms with van der Waals surface area (Å²) in [5.74, 6) is 1.02. The molecule has 1 atom stereocenters. The van der Waals surface area contributed by atoms with Crippen molar-refractivity contribution in [3.63, 3.8) is 0 Å². The van der Waals surface area contributed by atoms with Crippen molar-refractivity contribution in [2.45, 2.75) is 32.2 Å². The van der Waals surface area contributed by atoms with Gasteiger partial charge in [0, 0.05) is 6.61 Å². The highest BCUT2D eigenvalue weighted by Gasteiger charge is 2.29. The Balaban J connectivity index is 2.30. The van der Waals surface area contributed by atoms with Gasteiger partial charge >= 0.3 is 0 Å². The van der Waals surface area contributed by atoms with E-state index in [4.69, 9.17) is 16.3 Å². The van der Waals surface area contributed by atoms with Gasteiger partial charge in [0.2, 0.25) is 0 Å². The maximum Gasteiger partial charge on any atom is 0.156 e. The molecule has 1 aliphatic heterocycles. The highest BCUT2D eigenvalue weighted by atomic mass is 35.5. The Bertz CT molecular complexity index is 459. The van der Waals surface area contributed by atoms with Gasteiger partial charge in [-0.1, -0.05) is 11.6 Å². The molecule has 1 N–H and O–H groups in total. The molecule has 1 unspecified atom stereocenters. The Morgan fingerprint density at radius 1 is 1.50 bits per heavy atom. The molecule has 0 aromatic carbocycles. The normalized spacial score (nSPS) is 23.7. The Kier molecular flexibility index (Phi) is 3.82. The highest BCUT2D eigenvalue weighted by molar-refractivity contribution is 6.32. The maximum absolute atomic E-state index is 11.1. The first-order valence-corrected chi connectivity index (χ1v) is 6.27. The van der Waals surface area contributed by atoms with Crippen LogP contribution in [0.3, 0.4) is 0 Å². The lowest BCUT2D eigenvalue weighted by atomic mass is 9.95. The van der Waals surface area contributed by atoms with Crippen molar-refractivity contribution in [2.24, 2.45) is 0 Å². The zero-order valence-electron chi connectivity index (χ0n) is 10.5. The largest absolute Gasteiger partial charge is 0.379 e. The average molecular weight is 270 g/mol. The summed E-state index contributed by atoms with van der Waals surface area (Å²) in [7, 11) is 0. The third-order valence-corrected chi connectivity index (χ3v) is 3.27. The van der Waals surface area contributed by atoms with Crippen LogP contribution in [0.15, 0.2) is 0 Å². The number of carbonyl (C=O) groups is 1. The number of hydrogen-bond acceptors (Lipinski definition) is 5. The van der Waals surface area contributed by atoms with Crippen molar-refractivity contribution < 1.29 is 9.53 Å². The van der Waals surface area contributed by atoms with E-state index in [0.717, 1.165) is 19.4 Å². The Hall–Kier alpha value is -1.20. The molecule has 0 saturated carbocycles. The summed E-state index contributed by atoms with van der Waals surface area (Å²) in [6.07, 6.45) is 2.63. The van der Waals surface area contributed by atoms with Crippen LogP contribution in [0.1, 0.15) is 35.9 Å². The fourth-order valence-corrected chi connectivity index (χ4v) is 2.32. The van der Waals surface area contributed by atoms with Gasteiger partial charge in [-0.05, 0) is 26.7 Å². The van der Waals surface area contributed by atoms with Gasteiger partial charge < -0.3 is 10.1 Å². The molecule has 1 saturated heterocycles. The van der Waals surface area contributed by atoms with Crippen molar-refractivity contribution in [3.8, 4) is 0 Å². The predicted octanol–water partition coefficient (Wildman–Crippen LogP) is 2.23. The molecule has 5 nitrogen and oxygen atoms in total. The monoisotopic (exact) mass is 269 g/mol. The molecule has 1 aliphatic rings. The van der Waals surface area contributed by atoms with E-state index < -0.39 is 0 Å². The van der Waals surface area contributed by atoms with Crippen molar-refractivity contribution in [3.05, 3.63) is 16.5 Å². The quantitative estimate of drug-likeness (QED) is 0.673. The number of aromatic nitrogens is 2. The fraction of sp³-hybridized carbons (Fsp3) is 0.583. The number of ether oxygens (including phenoxy) is 1. The van der Waals surface area contributed by atoms with E-state index in [2.05, 4.69) is 15.3 Å². The second kappa shape index (κ2) is 5.20. The predicted molar refractivity (Wildman–Crippen MR) is 69.2 cm³/mol. The third kappa shape index (κ3) is 2.79. The minimum absolute atomic E-state index is 0.181. The molecule has 6 heteroatoms. The lowest BCUT2D eigenvalue weighted by Crippen LogP contribution is -2.43. The second-order valence-corrected chi connectivity index (χ2v) is 5.14. The van der Waals surface area contributed by atoms with Gasteiger partial charge in [-0.3, -0.25) is 4.79 Å². The molecule has 18 heavy (non-hydrogen) atoms. The summed E-state index contributed by atoms with van der Waals surface area (Å²) in [4.78, 5) is 19.3. The number of hydrogen-bond donors (Lipinski definition) is 1. The Morgan fingerprint density at radius 2 is 2.28 bits per heavy atom. The van der Waals surface area contributed by atoms with Gasteiger partial charge in [0.25, 0.3) is 0 Å². The molecule has 0 aliphatic carbocycles. The molecule has 0 bridgehead atoms. The average Bonchev–Trinajstić information content (AvgIpc) is 2.28. The van der Waals surface area contributed by atoms with Crippen LogP contribution >= 0.6 is 11.6 Å². The number of halogens is 1. The SMILES string of the molecule is Cc1nc(Cl)c(C=O)c(NC2(C)CCCOC2)n1. The molecular weight excluding hydrogens is 254 g/mol. The van der Waals surface area contributed by atoms with Crippen molar-refractivity contribution in [2.75, 3.05) is 18.5 Å². The van der Waals surface area contributed by atoms with E-state index in [1.165, 1.54) is 0 Å². The molecule has 2 heterocycles. The van der Waals surface area contributed by atoms with Crippen LogP contribution in [0.2, 0.25) is 5.15 Å². The number of aryl methyl sites for hydroxylation is 1. The van der Waals surface area contributed by atoms with Crippen molar-refractivity contribution >= 4 is 23.7 Å². The minimum atomic E-state index is -0.222. The van der Waals surface area contributed by atoms with Gasteiger partial charge in [0.1, 0.15) is 16.8 Å². The molecule has 1 aromatic heterocycles. The lowest BCUT2D eigenvalue weighted by molar-refractivity contribution is 0.0538. The number of carbonyl (C=O) groups excluding carboxylic acids is 1.